The number of fused-ring (bicyclic) bond motifs is 1. The Labute approximate surface area is 84.8 Å². The highest BCUT2D eigenvalue weighted by atomic mass is 35.5. The topological polar surface area (TPSA) is 17.1 Å². The van der Waals surface area contributed by atoms with Crippen LogP contribution in [-0.4, -0.2) is 11.2 Å². The van der Waals surface area contributed by atoms with Gasteiger partial charge in [0.25, 0.3) is 0 Å². The molecule has 0 spiro atoms. The van der Waals surface area contributed by atoms with E-state index in [0.29, 0.717) is 11.7 Å². The van der Waals surface area contributed by atoms with Gasteiger partial charge in [-0.2, -0.15) is 0 Å². The number of carbonyl (C=O) groups is 1. The second-order valence-corrected chi connectivity index (χ2v) is 5.12. The van der Waals surface area contributed by atoms with Gasteiger partial charge < -0.3 is 0 Å². The van der Waals surface area contributed by atoms with Gasteiger partial charge in [-0.25, -0.2) is 0 Å². The van der Waals surface area contributed by atoms with Gasteiger partial charge in [-0.15, -0.1) is 11.6 Å². The zero-order valence-corrected chi connectivity index (χ0v) is 8.89. The van der Waals surface area contributed by atoms with Gasteiger partial charge in [0.2, 0.25) is 0 Å². The molecule has 0 unspecified atom stereocenters. The van der Waals surface area contributed by atoms with Crippen molar-refractivity contribution in [3.63, 3.8) is 0 Å². The van der Waals surface area contributed by atoms with Crippen molar-refractivity contribution < 1.29 is 4.79 Å². The number of halogens is 1. The molecule has 0 bridgehead atoms. The summed E-state index contributed by atoms with van der Waals surface area (Å²) in [5, 5.41) is -0.172. The third-order valence-electron chi connectivity index (χ3n) is 3.76. The minimum absolute atomic E-state index is 0.172. The summed E-state index contributed by atoms with van der Waals surface area (Å²) in [7, 11) is 0. The number of hydrogen-bond donors (Lipinski definition) is 0. The fraction of sp³-hybridized carbons (Fsp3) is 0.909. The Morgan fingerprint density at radius 3 is 2.77 bits per heavy atom. The molecule has 4 atom stereocenters. The Kier molecular flexibility index (Phi) is 2.64. The van der Waals surface area contributed by atoms with Crippen molar-refractivity contribution in [1.29, 1.82) is 0 Å². The molecular formula is C11H17ClO. The highest BCUT2D eigenvalue weighted by molar-refractivity contribution is 6.31. The molecule has 0 N–H and O–H groups in total. The van der Waals surface area contributed by atoms with E-state index in [1.54, 1.807) is 0 Å². The van der Waals surface area contributed by atoms with Gasteiger partial charge in [-0.3, -0.25) is 4.79 Å². The van der Waals surface area contributed by atoms with E-state index in [9.17, 15) is 4.79 Å². The Hall–Kier alpha value is -0.0400. The molecular weight excluding hydrogens is 184 g/mol. The molecule has 0 aliphatic heterocycles. The molecule has 1 nitrogen and oxygen atoms in total. The Bertz CT molecular complexity index is 214. The molecule has 2 saturated carbocycles. The van der Waals surface area contributed by atoms with Crippen molar-refractivity contribution in [2.75, 3.05) is 0 Å². The molecule has 74 valence electrons. The summed E-state index contributed by atoms with van der Waals surface area (Å²) in [6, 6.07) is 0. The van der Waals surface area contributed by atoms with Gasteiger partial charge in [0.1, 0.15) is 0 Å². The van der Waals surface area contributed by atoms with E-state index in [0.717, 1.165) is 12.3 Å². The van der Waals surface area contributed by atoms with Crippen LogP contribution in [-0.2, 0) is 4.79 Å². The number of alkyl halides is 1. The first kappa shape index (κ1) is 9.51. The monoisotopic (exact) mass is 200 g/mol. The lowest BCUT2D eigenvalue weighted by atomic mass is 9.67. The number of Topliss-reactive ketones (excluding diaryl/α,β-unsaturated/α-hetero) is 1. The minimum atomic E-state index is -0.172. The number of carbonyl (C=O) groups excluding carboxylic acids is 1. The number of rotatable bonds is 0. The summed E-state index contributed by atoms with van der Waals surface area (Å²) < 4.78 is 0. The van der Waals surface area contributed by atoms with Gasteiger partial charge >= 0.3 is 0 Å². The fourth-order valence-electron chi connectivity index (χ4n) is 2.97. The highest BCUT2D eigenvalue weighted by Crippen LogP contribution is 2.43. The van der Waals surface area contributed by atoms with Crippen LogP contribution in [0, 0.1) is 17.8 Å². The summed E-state index contributed by atoms with van der Waals surface area (Å²) in [6.07, 6.45) is 6.17. The van der Waals surface area contributed by atoms with Crippen LogP contribution < -0.4 is 0 Å². The van der Waals surface area contributed by atoms with Gasteiger partial charge in [0.15, 0.2) is 5.78 Å². The maximum absolute atomic E-state index is 11.6. The van der Waals surface area contributed by atoms with Crippen LogP contribution in [0.25, 0.3) is 0 Å². The van der Waals surface area contributed by atoms with E-state index in [1.165, 1.54) is 25.7 Å². The largest absolute Gasteiger partial charge is 0.298 e. The smallest absolute Gasteiger partial charge is 0.153 e. The lowest BCUT2D eigenvalue weighted by Crippen LogP contribution is -2.42. The van der Waals surface area contributed by atoms with Gasteiger partial charge in [0.05, 0.1) is 5.38 Å². The highest BCUT2D eigenvalue weighted by Gasteiger charge is 2.41. The first-order valence-electron chi connectivity index (χ1n) is 5.38. The molecule has 0 aromatic rings. The quantitative estimate of drug-likeness (QED) is 0.550. The van der Waals surface area contributed by atoms with Crippen LogP contribution in [0.15, 0.2) is 0 Å². The van der Waals surface area contributed by atoms with Crippen molar-refractivity contribution in [1.82, 2.24) is 0 Å². The van der Waals surface area contributed by atoms with Gasteiger partial charge in [-0.1, -0.05) is 26.2 Å². The molecule has 2 aliphatic carbocycles. The van der Waals surface area contributed by atoms with Gasteiger partial charge in [-0.05, 0) is 24.7 Å². The van der Waals surface area contributed by atoms with E-state index < -0.39 is 0 Å². The average Bonchev–Trinajstić information content (AvgIpc) is 2.15. The molecule has 2 aliphatic rings. The summed E-state index contributed by atoms with van der Waals surface area (Å²) in [5.41, 5.74) is 0. The Balaban J connectivity index is 2.12. The predicted molar refractivity (Wildman–Crippen MR) is 53.9 cm³/mol. The predicted octanol–water partition coefficient (Wildman–Crippen LogP) is 3.01. The van der Waals surface area contributed by atoms with Crippen LogP contribution in [0.2, 0.25) is 0 Å². The van der Waals surface area contributed by atoms with Crippen molar-refractivity contribution >= 4 is 17.4 Å². The molecule has 0 radical (unpaired) electrons. The zero-order chi connectivity index (χ0) is 9.42. The van der Waals surface area contributed by atoms with E-state index >= 15 is 0 Å². The summed E-state index contributed by atoms with van der Waals surface area (Å²) in [5.74, 6) is 1.75. The summed E-state index contributed by atoms with van der Waals surface area (Å²) >= 11 is 6.19. The van der Waals surface area contributed by atoms with E-state index in [2.05, 4.69) is 0 Å². The van der Waals surface area contributed by atoms with Crippen LogP contribution in [0.4, 0.5) is 0 Å². The number of ketones is 1. The lowest BCUT2D eigenvalue weighted by Gasteiger charge is -2.40. The van der Waals surface area contributed by atoms with Crippen LogP contribution in [0.1, 0.15) is 39.0 Å². The normalized spacial score (nSPS) is 45.8. The lowest BCUT2D eigenvalue weighted by molar-refractivity contribution is -0.127. The molecule has 0 saturated heterocycles. The zero-order valence-electron chi connectivity index (χ0n) is 8.13. The van der Waals surface area contributed by atoms with E-state index in [4.69, 9.17) is 11.6 Å². The summed E-state index contributed by atoms with van der Waals surface area (Å²) in [4.78, 5) is 11.6. The maximum Gasteiger partial charge on any atom is 0.153 e. The molecule has 2 rings (SSSR count). The van der Waals surface area contributed by atoms with Crippen LogP contribution >= 0.6 is 11.6 Å². The summed E-state index contributed by atoms with van der Waals surface area (Å²) in [6.45, 7) is 2.03. The van der Waals surface area contributed by atoms with Crippen LogP contribution in [0.3, 0.4) is 0 Å². The molecule has 2 fully saturated rings. The molecule has 0 amide bonds. The average molecular weight is 201 g/mol. The molecule has 13 heavy (non-hydrogen) atoms. The molecule has 2 heteroatoms. The van der Waals surface area contributed by atoms with E-state index in [-0.39, 0.29) is 11.3 Å². The Morgan fingerprint density at radius 1 is 1.31 bits per heavy atom. The third kappa shape index (κ3) is 1.63. The second kappa shape index (κ2) is 3.61. The first-order chi connectivity index (χ1) is 6.20. The van der Waals surface area contributed by atoms with Crippen molar-refractivity contribution in [2.24, 2.45) is 17.8 Å². The second-order valence-electron chi connectivity index (χ2n) is 4.65. The molecule has 0 heterocycles. The minimum Gasteiger partial charge on any atom is -0.298 e. The standard InChI is InChI=1S/C11H17ClO/c1-7-6-8-4-2-3-5-9(8)10(12)11(7)13/h7-10H,2-6H2,1H3/t7-,8-,9+,10-/m1/s1. The maximum atomic E-state index is 11.6. The fourth-order valence-corrected chi connectivity index (χ4v) is 3.51. The van der Waals surface area contributed by atoms with Crippen molar-refractivity contribution in [2.45, 2.75) is 44.4 Å². The first-order valence-corrected chi connectivity index (χ1v) is 5.81. The van der Waals surface area contributed by atoms with Gasteiger partial charge in [0, 0.05) is 5.92 Å². The van der Waals surface area contributed by atoms with Crippen molar-refractivity contribution in [3.05, 3.63) is 0 Å². The third-order valence-corrected chi connectivity index (χ3v) is 4.30. The molecule has 0 aromatic heterocycles. The number of hydrogen-bond acceptors (Lipinski definition) is 1. The van der Waals surface area contributed by atoms with Crippen molar-refractivity contribution in [3.8, 4) is 0 Å². The Morgan fingerprint density at radius 2 is 2.00 bits per heavy atom. The molecule has 0 aromatic carbocycles. The SMILES string of the molecule is C[C@@H]1C[C@H]2CCCC[C@@H]2[C@@H](Cl)C1=O. The van der Waals surface area contributed by atoms with E-state index in [1.807, 2.05) is 6.92 Å². The van der Waals surface area contributed by atoms with Crippen LogP contribution in [0.5, 0.6) is 0 Å².